The number of carbonyl (C=O) groups excluding carboxylic acids is 1. The summed E-state index contributed by atoms with van der Waals surface area (Å²) in [6, 6.07) is 7.18. The Balaban J connectivity index is 2.20. The number of hydrogen-bond donors (Lipinski definition) is 1. The Kier molecular flexibility index (Phi) is 3.30. The summed E-state index contributed by atoms with van der Waals surface area (Å²) in [5.41, 5.74) is 6.03. The molecule has 98 valence electrons. The van der Waals surface area contributed by atoms with E-state index in [4.69, 9.17) is 15.2 Å². The largest absolute Gasteiger partial charge is 0.484 e. The van der Waals surface area contributed by atoms with Crippen molar-refractivity contribution < 1.29 is 14.3 Å². The zero-order chi connectivity index (χ0) is 13.3. The van der Waals surface area contributed by atoms with E-state index in [1.54, 1.807) is 6.92 Å². The molecule has 0 fully saturated rings. The summed E-state index contributed by atoms with van der Waals surface area (Å²) in [5, 5.41) is 0. The summed E-state index contributed by atoms with van der Waals surface area (Å²) in [7, 11) is 0. The number of carbonyl (C=O) groups is 1. The molecule has 1 unspecified atom stereocenters. The van der Waals surface area contributed by atoms with E-state index in [-0.39, 0.29) is 6.10 Å². The molecular formula is C14H19NO3. The van der Waals surface area contributed by atoms with Gasteiger partial charge in [-0.3, -0.25) is 4.79 Å². The third-order valence-corrected chi connectivity index (χ3v) is 3.16. The molecule has 1 aliphatic heterocycles. The highest BCUT2D eigenvalue weighted by molar-refractivity contribution is 5.75. The number of rotatable bonds is 2. The number of nitrogens with two attached hydrogens (primary N) is 1. The van der Waals surface area contributed by atoms with E-state index in [0.29, 0.717) is 6.42 Å². The van der Waals surface area contributed by atoms with E-state index in [1.165, 1.54) is 0 Å². The molecule has 2 N–H and O–H groups in total. The minimum Gasteiger partial charge on any atom is -0.484 e. The summed E-state index contributed by atoms with van der Waals surface area (Å²) in [5.74, 6) is 0.464. The van der Waals surface area contributed by atoms with Crippen molar-refractivity contribution in [1.82, 2.24) is 0 Å². The average Bonchev–Trinajstić information content (AvgIpc) is 2.29. The molecule has 0 saturated heterocycles. The highest BCUT2D eigenvalue weighted by Crippen LogP contribution is 2.34. The lowest BCUT2D eigenvalue weighted by Gasteiger charge is -2.39. The van der Waals surface area contributed by atoms with Gasteiger partial charge in [0.05, 0.1) is 0 Å². The van der Waals surface area contributed by atoms with Gasteiger partial charge in [-0.15, -0.1) is 0 Å². The van der Waals surface area contributed by atoms with Crippen LogP contribution < -0.4 is 10.5 Å². The van der Waals surface area contributed by atoms with Crippen LogP contribution in [0, 0.1) is 0 Å². The van der Waals surface area contributed by atoms with Crippen molar-refractivity contribution >= 4 is 5.97 Å². The van der Waals surface area contributed by atoms with Crippen LogP contribution >= 0.6 is 0 Å². The second-order valence-corrected chi connectivity index (χ2v) is 5.23. The molecule has 2 rings (SSSR count). The number of esters is 1. The van der Waals surface area contributed by atoms with Crippen molar-refractivity contribution in [2.45, 2.75) is 44.9 Å². The fourth-order valence-corrected chi connectivity index (χ4v) is 2.00. The van der Waals surface area contributed by atoms with Gasteiger partial charge in [0.2, 0.25) is 0 Å². The van der Waals surface area contributed by atoms with Crippen LogP contribution in [-0.4, -0.2) is 23.7 Å². The lowest BCUT2D eigenvalue weighted by Crippen LogP contribution is -2.50. The molecule has 0 saturated carbocycles. The fraction of sp³-hybridized carbons (Fsp3) is 0.500. The summed E-state index contributed by atoms with van der Waals surface area (Å²) in [6.45, 7) is 5.46. The van der Waals surface area contributed by atoms with Crippen molar-refractivity contribution in [3.63, 3.8) is 0 Å². The number of ether oxygens (including phenoxy) is 2. The Bertz CT molecular complexity index is 454. The third-order valence-electron chi connectivity index (χ3n) is 3.16. The minimum atomic E-state index is -0.613. The minimum absolute atomic E-state index is 0.314. The Morgan fingerprint density at radius 2 is 2.17 bits per heavy atom. The molecule has 18 heavy (non-hydrogen) atoms. The predicted molar refractivity (Wildman–Crippen MR) is 68.4 cm³/mol. The molecule has 1 aromatic carbocycles. The van der Waals surface area contributed by atoms with Gasteiger partial charge in [-0.05, 0) is 32.4 Å². The number of para-hydroxylation sites is 1. The zero-order valence-corrected chi connectivity index (χ0v) is 11.0. The van der Waals surface area contributed by atoms with Gasteiger partial charge in [0.25, 0.3) is 0 Å². The molecule has 1 aliphatic rings. The van der Waals surface area contributed by atoms with Crippen molar-refractivity contribution in [2.75, 3.05) is 0 Å². The van der Waals surface area contributed by atoms with Gasteiger partial charge < -0.3 is 15.2 Å². The van der Waals surface area contributed by atoms with Gasteiger partial charge in [0.15, 0.2) is 0 Å². The topological polar surface area (TPSA) is 61.6 Å². The molecular weight excluding hydrogens is 230 g/mol. The molecule has 0 amide bonds. The highest BCUT2D eigenvalue weighted by atomic mass is 16.6. The van der Waals surface area contributed by atoms with Crippen LogP contribution in [0.5, 0.6) is 5.75 Å². The van der Waals surface area contributed by atoms with E-state index in [9.17, 15) is 4.79 Å². The van der Waals surface area contributed by atoms with E-state index < -0.39 is 17.6 Å². The highest BCUT2D eigenvalue weighted by Gasteiger charge is 2.39. The first-order valence-corrected chi connectivity index (χ1v) is 6.13. The van der Waals surface area contributed by atoms with Crippen LogP contribution in [-0.2, 0) is 16.0 Å². The van der Waals surface area contributed by atoms with E-state index in [1.807, 2.05) is 38.1 Å². The maximum Gasteiger partial charge on any atom is 0.323 e. The molecule has 0 radical (unpaired) electrons. The molecule has 1 heterocycles. The predicted octanol–water partition coefficient (Wildman–Crippen LogP) is 1.66. The first-order chi connectivity index (χ1) is 8.40. The van der Waals surface area contributed by atoms with E-state index in [0.717, 1.165) is 11.3 Å². The molecule has 2 atom stereocenters. The van der Waals surface area contributed by atoms with Gasteiger partial charge in [-0.25, -0.2) is 0 Å². The van der Waals surface area contributed by atoms with Gasteiger partial charge in [0, 0.05) is 6.42 Å². The number of hydrogen-bond acceptors (Lipinski definition) is 4. The maximum absolute atomic E-state index is 11.6. The van der Waals surface area contributed by atoms with Crippen LogP contribution in [0.4, 0.5) is 0 Å². The van der Waals surface area contributed by atoms with Gasteiger partial charge in [-0.1, -0.05) is 18.2 Å². The standard InChI is InChI=1S/C14H19NO3/c1-9(15)13(16)17-12-8-10-6-4-5-7-11(10)18-14(12,2)3/h4-7,9,12H,8,15H2,1-3H3/t9-,12?/m0/s1. The van der Waals surface area contributed by atoms with Crippen LogP contribution in [0.1, 0.15) is 26.3 Å². The van der Waals surface area contributed by atoms with Crippen LogP contribution in [0.3, 0.4) is 0 Å². The smallest absolute Gasteiger partial charge is 0.323 e. The lowest BCUT2D eigenvalue weighted by atomic mass is 9.91. The molecule has 0 aromatic heterocycles. The van der Waals surface area contributed by atoms with Crippen molar-refractivity contribution in [1.29, 1.82) is 0 Å². The van der Waals surface area contributed by atoms with Gasteiger partial charge >= 0.3 is 5.97 Å². The van der Waals surface area contributed by atoms with Crippen molar-refractivity contribution in [2.24, 2.45) is 5.73 Å². The van der Waals surface area contributed by atoms with E-state index in [2.05, 4.69) is 0 Å². The third kappa shape index (κ3) is 2.48. The Morgan fingerprint density at radius 1 is 1.50 bits per heavy atom. The summed E-state index contributed by atoms with van der Waals surface area (Å²) in [6.07, 6.45) is 0.340. The molecule has 0 aliphatic carbocycles. The molecule has 1 aromatic rings. The molecule has 0 bridgehead atoms. The SMILES string of the molecule is C[C@H](N)C(=O)OC1Cc2ccccc2OC1(C)C. The average molecular weight is 249 g/mol. The molecule has 0 spiro atoms. The second kappa shape index (κ2) is 4.61. The second-order valence-electron chi connectivity index (χ2n) is 5.23. The number of fused-ring (bicyclic) bond motifs is 1. The monoisotopic (exact) mass is 249 g/mol. The van der Waals surface area contributed by atoms with Gasteiger partial charge in [0.1, 0.15) is 23.5 Å². The summed E-state index contributed by atoms with van der Waals surface area (Å²) < 4.78 is 11.3. The fourth-order valence-electron chi connectivity index (χ4n) is 2.00. The van der Waals surface area contributed by atoms with Gasteiger partial charge in [-0.2, -0.15) is 0 Å². The first-order valence-electron chi connectivity index (χ1n) is 6.13. The van der Waals surface area contributed by atoms with Crippen LogP contribution in [0.15, 0.2) is 24.3 Å². The maximum atomic E-state index is 11.6. The summed E-state index contributed by atoms with van der Waals surface area (Å²) >= 11 is 0. The Hall–Kier alpha value is -1.55. The number of benzene rings is 1. The van der Waals surface area contributed by atoms with Crippen molar-refractivity contribution in [3.8, 4) is 5.75 Å². The Morgan fingerprint density at radius 3 is 2.83 bits per heavy atom. The Labute approximate surface area is 107 Å². The summed E-state index contributed by atoms with van der Waals surface area (Å²) in [4.78, 5) is 11.6. The zero-order valence-electron chi connectivity index (χ0n) is 11.0. The van der Waals surface area contributed by atoms with Crippen LogP contribution in [0.2, 0.25) is 0 Å². The van der Waals surface area contributed by atoms with Crippen LogP contribution in [0.25, 0.3) is 0 Å². The van der Waals surface area contributed by atoms with E-state index >= 15 is 0 Å². The van der Waals surface area contributed by atoms with Crippen molar-refractivity contribution in [3.05, 3.63) is 29.8 Å². The molecule has 4 nitrogen and oxygen atoms in total. The quantitative estimate of drug-likeness (QED) is 0.810. The lowest BCUT2D eigenvalue weighted by molar-refractivity contribution is -0.162. The first kappa shape index (κ1) is 12.9. The normalized spacial score (nSPS) is 22.6. The molecule has 4 heteroatoms.